The zero-order valence-corrected chi connectivity index (χ0v) is 15.4. The minimum absolute atomic E-state index is 0.105. The molecule has 85 valence electrons. The van der Waals surface area contributed by atoms with Crippen LogP contribution in [0.1, 0.15) is 0 Å². The Balaban J connectivity index is 5.14. The Morgan fingerprint density at radius 3 is 1.43 bits per heavy atom. The van der Waals surface area contributed by atoms with E-state index in [-0.39, 0.29) is 8.31 Å². The Bertz CT molecular complexity index is 199. The summed E-state index contributed by atoms with van der Waals surface area (Å²) >= 11 is 0. The third-order valence-electron chi connectivity index (χ3n) is 4.83. The van der Waals surface area contributed by atoms with Crippen molar-refractivity contribution >= 4 is 30.4 Å². The van der Waals surface area contributed by atoms with E-state index in [0.717, 1.165) is 0 Å². The third-order valence-corrected chi connectivity index (χ3v) is 64.4. The zero-order valence-electron chi connectivity index (χ0n) is 11.4. The summed E-state index contributed by atoms with van der Waals surface area (Å²) in [7, 11) is -1.66. The summed E-state index contributed by atoms with van der Waals surface area (Å²) in [5.74, 6) is 0. The molecule has 5 heteroatoms. The summed E-state index contributed by atoms with van der Waals surface area (Å²) in [5.41, 5.74) is 0. The van der Waals surface area contributed by atoms with Crippen LogP contribution in [-0.2, 0) is 4.43 Å². The summed E-state index contributed by atoms with van der Waals surface area (Å²) in [6.07, 6.45) is 0. The van der Waals surface area contributed by atoms with Gasteiger partial charge in [0.2, 0.25) is 0 Å². The lowest BCUT2D eigenvalue weighted by Crippen LogP contribution is -2.75. The molecule has 0 aliphatic rings. The van der Waals surface area contributed by atoms with Crippen LogP contribution in [0.3, 0.4) is 0 Å². The van der Waals surface area contributed by atoms with Gasteiger partial charge >= 0.3 is 0 Å². The Labute approximate surface area is 94.4 Å². The predicted molar refractivity (Wildman–Crippen MR) is 76.9 cm³/mol. The van der Waals surface area contributed by atoms with Crippen molar-refractivity contribution in [3.63, 3.8) is 0 Å². The van der Waals surface area contributed by atoms with Gasteiger partial charge in [0.1, 0.15) is 0 Å². The van der Waals surface area contributed by atoms with Crippen LogP contribution < -0.4 is 0 Å². The molecule has 0 aromatic heterocycles. The van der Waals surface area contributed by atoms with Gasteiger partial charge in [-0.15, -0.1) is 0 Å². The van der Waals surface area contributed by atoms with Crippen molar-refractivity contribution in [3.05, 3.63) is 0 Å². The minimum atomic E-state index is -1.38. The molecule has 0 amide bonds. The maximum atomic E-state index is 5.89. The highest BCUT2D eigenvalue weighted by Crippen LogP contribution is 2.30. The van der Waals surface area contributed by atoms with Crippen molar-refractivity contribution in [1.82, 2.24) is 0 Å². The summed E-state index contributed by atoms with van der Waals surface area (Å²) in [4.78, 5) is 0. The largest absolute Gasteiger partial charge is 0.423 e. The molecule has 1 radical (unpaired) electrons. The van der Waals surface area contributed by atoms with E-state index in [9.17, 15) is 0 Å². The van der Waals surface area contributed by atoms with E-state index in [0.29, 0.717) is 0 Å². The van der Waals surface area contributed by atoms with Crippen LogP contribution in [0.15, 0.2) is 0 Å². The van der Waals surface area contributed by atoms with E-state index < -0.39 is 22.1 Å². The van der Waals surface area contributed by atoms with E-state index in [2.05, 4.69) is 52.4 Å². The van der Waals surface area contributed by atoms with E-state index in [4.69, 9.17) is 4.43 Å². The summed E-state index contributed by atoms with van der Waals surface area (Å²) in [6, 6.07) is 0. The Morgan fingerprint density at radius 2 is 1.21 bits per heavy atom. The second-order valence-corrected chi connectivity index (χ2v) is 42.5. The van der Waals surface area contributed by atoms with Crippen LogP contribution in [0.5, 0.6) is 0 Å². The maximum absolute atomic E-state index is 5.89. The molecule has 0 aliphatic heterocycles. The quantitative estimate of drug-likeness (QED) is 0.708. The molecule has 0 unspecified atom stereocenters. The first kappa shape index (κ1) is 14.8. The summed E-state index contributed by atoms with van der Waals surface area (Å²) < 4.78 is 5.89. The van der Waals surface area contributed by atoms with E-state index in [1.165, 1.54) is 0 Å². The molecular weight excluding hydrogens is 236 g/mol. The van der Waals surface area contributed by atoms with Crippen LogP contribution in [0, 0.1) is 0 Å². The van der Waals surface area contributed by atoms with Gasteiger partial charge in [0.15, 0.2) is 7.83 Å². The molecule has 0 aromatic carbocycles. The Kier molecular flexibility index (Phi) is 4.62. The van der Waals surface area contributed by atoms with Gasteiger partial charge < -0.3 is 4.43 Å². The van der Waals surface area contributed by atoms with Crippen molar-refractivity contribution in [2.45, 2.75) is 52.4 Å². The lowest BCUT2D eigenvalue weighted by Gasteiger charge is -2.48. The normalized spacial score (nSPS) is 15.0. The van der Waals surface area contributed by atoms with Crippen molar-refractivity contribution in [2.75, 3.05) is 7.11 Å². The Morgan fingerprint density at radius 1 is 0.857 bits per heavy atom. The molecule has 0 rings (SSSR count). The molecule has 0 spiro atoms. The van der Waals surface area contributed by atoms with Crippen LogP contribution >= 0.6 is 0 Å². The number of hydrogen-bond acceptors (Lipinski definition) is 1. The minimum Gasteiger partial charge on any atom is -0.423 e. The fraction of sp³-hybridized carbons (Fsp3) is 1.00. The highest BCUT2D eigenvalue weighted by Gasteiger charge is 2.54. The average Bonchev–Trinajstić information content (AvgIpc) is 2.03. The molecule has 0 bridgehead atoms. The van der Waals surface area contributed by atoms with Gasteiger partial charge in [0, 0.05) is 22.5 Å². The average molecular weight is 264 g/mol. The van der Waals surface area contributed by atoms with Crippen molar-refractivity contribution < 1.29 is 4.43 Å². The molecule has 0 N–H and O–H groups in total. The van der Waals surface area contributed by atoms with Crippen molar-refractivity contribution in [2.24, 2.45) is 0 Å². The second kappa shape index (κ2) is 4.37. The van der Waals surface area contributed by atoms with Crippen LogP contribution in [0.25, 0.3) is 0 Å². The highest BCUT2D eigenvalue weighted by atomic mass is 29.8. The van der Waals surface area contributed by atoms with Gasteiger partial charge in [-0.2, -0.15) is 0 Å². The fourth-order valence-electron chi connectivity index (χ4n) is 1.63. The van der Waals surface area contributed by atoms with Gasteiger partial charge in [-0.05, 0) is 13.1 Å². The van der Waals surface area contributed by atoms with Gasteiger partial charge in [-0.1, -0.05) is 39.3 Å². The highest BCUT2D eigenvalue weighted by molar-refractivity contribution is 7.79. The van der Waals surface area contributed by atoms with E-state index >= 15 is 0 Å². The van der Waals surface area contributed by atoms with Crippen LogP contribution in [0.4, 0.5) is 0 Å². The first-order chi connectivity index (χ1) is 6.00. The molecule has 0 fully saturated rings. The molecule has 14 heavy (non-hydrogen) atoms. The van der Waals surface area contributed by atoms with E-state index in [1.54, 1.807) is 0 Å². The van der Waals surface area contributed by atoms with Gasteiger partial charge in [-0.25, -0.2) is 0 Å². The van der Waals surface area contributed by atoms with E-state index in [1.807, 2.05) is 7.11 Å². The number of hydrogen-bond donors (Lipinski definition) is 0. The number of rotatable bonds is 4. The molecule has 0 aliphatic carbocycles. The first-order valence-electron chi connectivity index (χ1n) is 5.36. The standard InChI is InChI=1S/C9H27OSi4/c1-10-12(4,5)14(8,9)13(6,7)11(2)3/h1-9H3. The predicted octanol–water partition coefficient (Wildman–Crippen LogP) is 3.24. The molecule has 0 saturated carbocycles. The SMILES string of the molecule is CO[Si](C)(C)[Si](C)(C)[Si](C)(C)[Si](C)C. The molecular formula is C9H27OSi4. The van der Waals surface area contributed by atoms with Gasteiger partial charge in [-0.3, -0.25) is 0 Å². The molecule has 0 aromatic rings. The smallest absolute Gasteiger partial charge is 0.170 e. The lowest BCUT2D eigenvalue weighted by atomic mass is 11.8. The van der Waals surface area contributed by atoms with Crippen LogP contribution in [0.2, 0.25) is 52.4 Å². The van der Waals surface area contributed by atoms with Crippen LogP contribution in [-0.4, -0.2) is 37.5 Å². The lowest BCUT2D eigenvalue weighted by molar-refractivity contribution is 0.420. The molecule has 1 nitrogen and oxygen atoms in total. The summed E-state index contributed by atoms with van der Waals surface area (Å²) in [6.45, 7) is 20.3. The van der Waals surface area contributed by atoms with Gasteiger partial charge in [0.25, 0.3) is 0 Å². The zero-order chi connectivity index (χ0) is 11.8. The monoisotopic (exact) mass is 263 g/mol. The maximum Gasteiger partial charge on any atom is 0.170 e. The Hall–Kier alpha value is 0.828. The van der Waals surface area contributed by atoms with Crippen molar-refractivity contribution in [3.8, 4) is 0 Å². The molecule has 0 heterocycles. The topological polar surface area (TPSA) is 9.23 Å². The third kappa shape index (κ3) is 2.32. The molecule has 0 saturated heterocycles. The van der Waals surface area contributed by atoms with Crippen molar-refractivity contribution in [1.29, 1.82) is 0 Å². The second-order valence-electron chi connectivity index (χ2n) is 5.96. The first-order valence-corrected chi connectivity index (χ1v) is 19.8. The van der Waals surface area contributed by atoms with Gasteiger partial charge in [0.05, 0.1) is 7.11 Å². The summed E-state index contributed by atoms with van der Waals surface area (Å²) in [5, 5.41) is 0. The fourth-order valence-corrected chi connectivity index (χ4v) is 55.3. The molecule has 0 atom stereocenters.